The summed E-state index contributed by atoms with van der Waals surface area (Å²) in [7, 11) is 0. The number of hydrogen-bond donors (Lipinski definition) is 0. The van der Waals surface area contributed by atoms with Gasteiger partial charge in [0.15, 0.2) is 15.3 Å². The molecule has 2 aromatic carbocycles. The Bertz CT molecular complexity index is 1220. The van der Waals surface area contributed by atoms with Crippen molar-refractivity contribution < 1.29 is 4.79 Å². The number of carbonyl (C=O) groups excluding carboxylic acids is 1. The van der Waals surface area contributed by atoms with Crippen LogP contribution in [0.2, 0.25) is 0 Å². The van der Waals surface area contributed by atoms with Crippen LogP contribution in [0.3, 0.4) is 0 Å². The van der Waals surface area contributed by atoms with Gasteiger partial charge in [-0.25, -0.2) is 4.98 Å². The average molecular weight is 497 g/mol. The first-order valence-electron chi connectivity index (χ1n) is 11.0. The van der Waals surface area contributed by atoms with E-state index in [0.717, 1.165) is 32.9 Å². The van der Waals surface area contributed by atoms with Crippen molar-refractivity contribution >= 4 is 50.9 Å². The second kappa shape index (κ2) is 9.99. The minimum absolute atomic E-state index is 0.0687. The largest absolute Gasteiger partial charge is 0.306 e. The second-order valence-corrected chi connectivity index (χ2v) is 12.4. The predicted octanol–water partition coefficient (Wildman–Crippen LogP) is 6.86. The Hall–Kier alpha value is -2.16. The predicted molar refractivity (Wildman–Crippen MR) is 140 cm³/mol. The van der Waals surface area contributed by atoms with E-state index in [0.29, 0.717) is 5.75 Å². The van der Waals surface area contributed by atoms with Crippen LogP contribution in [0.25, 0.3) is 10.2 Å². The van der Waals surface area contributed by atoms with Crippen LogP contribution >= 0.6 is 34.9 Å². The van der Waals surface area contributed by atoms with Gasteiger partial charge in [0.1, 0.15) is 5.82 Å². The van der Waals surface area contributed by atoms with Gasteiger partial charge in [-0.15, -0.1) is 21.5 Å². The van der Waals surface area contributed by atoms with Crippen LogP contribution in [0, 0.1) is 0 Å². The van der Waals surface area contributed by atoms with Crippen molar-refractivity contribution in [2.45, 2.75) is 67.1 Å². The molecule has 1 atom stereocenters. The van der Waals surface area contributed by atoms with E-state index in [4.69, 9.17) is 4.98 Å². The number of aromatic nitrogens is 4. The number of rotatable bonds is 8. The van der Waals surface area contributed by atoms with Crippen LogP contribution in [0.5, 0.6) is 0 Å². The van der Waals surface area contributed by atoms with E-state index in [1.54, 1.807) is 23.1 Å². The van der Waals surface area contributed by atoms with Gasteiger partial charge in [-0.2, -0.15) is 0 Å². The number of fused-ring (bicyclic) bond motifs is 1. The average Bonchev–Trinajstić information content (AvgIpc) is 3.39. The van der Waals surface area contributed by atoms with Crippen LogP contribution in [0.4, 0.5) is 0 Å². The molecule has 0 unspecified atom stereocenters. The Kier molecular flexibility index (Phi) is 7.26. The molecule has 0 bridgehead atoms. The van der Waals surface area contributed by atoms with Gasteiger partial charge in [0.2, 0.25) is 0 Å². The molecule has 0 saturated heterocycles. The molecule has 172 valence electrons. The smallest absolute Gasteiger partial charge is 0.191 e. The monoisotopic (exact) mass is 496 g/mol. The summed E-state index contributed by atoms with van der Waals surface area (Å²) in [5, 5.41) is 9.35. The highest BCUT2D eigenvalue weighted by molar-refractivity contribution is 8.00. The summed E-state index contributed by atoms with van der Waals surface area (Å²) in [6.07, 6.45) is 0. The summed E-state index contributed by atoms with van der Waals surface area (Å²) in [5.74, 6) is 1.70. The molecule has 2 heterocycles. The molecule has 4 aromatic rings. The van der Waals surface area contributed by atoms with Gasteiger partial charge >= 0.3 is 0 Å². The number of para-hydroxylation sites is 1. The van der Waals surface area contributed by atoms with Crippen molar-refractivity contribution in [2.24, 2.45) is 0 Å². The van der Waals surface area contributed by atoms with Gasteiger partial charge in [0.25, 0.3) is 0 Å². The van der Waals surface area contributed by atoms with E-state index in [1.165, 1.54) is 22.0 Å². The molecule has 0 aliphatic carbocycles. The third-order valence-electron chi connectivity index (χ3n) is 5.40. The zero-order chi connectivity index (χ0) is 23.6. The molecule has 8 heteroatoms. The second-order valence-electron chi connectivity index (χ2n) is 8.83. The SMILES string of the molecule is CCn1c(CSc2nc3ccccc3s2)nnc1S[C@@H](C)C(=O)c1ccc(C(C)(C)C)cc1. The van der Waals surface area contributed by atoms with Gasteiger partial charge in [-0.1, -0.05) is 80.7 Å². The van der Waals surface area contributed by atoms with E-state index in [2.05, 4.69) is 60.7 Å². The summed E-state index contributed by atoms with van der Waals surface area (Å²) in [6.45, 7) is 11.3. The number of benzene rings is 2. The summed E-state index contributed by atoms with van der Waals surface area (Å²) in [6, 6.07) is 16.1. The fraction of sp³-hybridized carbons (Fsp3) is 0.360. The molecule has 0 N–H and O–H groups in total. The summed E-state index contributed by atoms with van der Waals surface area (Å²) < 4.78 is 4.31. The van der Waals surface area contributed by atoms with Gasteiger partial charge in [-0.05, 0) is 37.0 Å². The van der Waals surface area contributed by atoms with E-state index in [-0.39, 0.29) is 16.4 Å². The number of ketones is 1. The van der Waals surface area contributed by atoms with Crippen molar-refractivity contribution in [3.63, 3.8) is 0 Å². The van der Waals surface area contributed by atoms with Crippen LogP contribution in [-0.2, 0) is 17.7 Å². The first kappa shape index (κ1) is 24.0. The third-order valence-corrected chi connectivity index (χ3v) is 8.65. The van der Waals surface area contributed by atoms with Crippen LogP contribution in [-0.4, -0.2) is 30.8 Å². The van der Waals surface area contributed by atoms with E-state index >= 15 is 0 Å². The molecule has 0 amide bonds. The number of hydrogen-bond acceptors (Lipinski definition) is 7. The molecule has 0 aliphatic heterocycles. The topological polar surface area (TPSA) is 60.7 Å². The maximum atomic E-state index is 13.0. The maximum absolute atomic E-state index is 13.0. The highest BCUT2D eigenvalue weighted by Gasteiger charge is 2.22. The minimum Gasteiger partial charge on any atom is -0.306 e. The molecule has 33 heavy (non-hydrogen) atoms. The number of thiazole rings is 1. The number of nitrogens with zero attached hydrogens (tertiary/aromatic N) is 4. The molecule has 5 nitrogen and oxygen atoms in total. The zero-order valence-electron chi connectivity index (χ0n) is 19.5. The molecular weight excluding hydrogens is 469 g/mol. The number of carbonyl (C=O) groups is 1. The van der Waals surface area contributed by atoms with Crippen LogP contribution in [0.15, 0.2) is 58.0 Å². The summed E-state index contributed by atoms with van der Waals surface area (Å²) in [5.41, 5.74) is 3.05. The zero-order valence-corrected chi connectivity index (χ0v) is 22.0. The van der Waals surface area contributed by atoms with Gasteiger partial charge in [0.05, 0.1) is 21.2 Å². The Morgan fingerprint density at radius 1 is 1.09 bits per heavy atom. The Morgan fingerprint density at radius 3 is 2.48 bits per heavy atom. The Morgan fingerprint density at radius 2 is 1.82 bits per heavy atom. The summed E-state index contributed by atoms with van der Waals surface area (Å²) >= 11 is 4.84. The highest BCUT2D eigenvalue weighted by Crippen LogP contribution is 2.32. The first-order chi connectivity index (χ1) is 15.8. The first-order valence-corrected chi connectivity index (χ1v) is 13.7. The lowest BCUT2D eigenvalue weighted by molar-refractivity contribution is 0.0993. The maximum Gasteiger partial charge on any atom is 0.191 e. The van der Waals surface area contributed by atoms with E-state index in [1.807, 2.05) is 37.3 Å². The standard InChI is InChI=1S/C25H28N4OS3/c1-6-29-21(15-31-24-26-19-9-7-8-10-20(19)33-24)27-28-23(29)32-16(2)22(30)17-11-13-18(14-12-17)25(3,4)5/h7-14,16H,6,15H2,1-5H3/t16-/m0/s1. The Labute approximate surface area is 207 Å². The van der Waals surface area contributed by atoms with Crippen molar-refractivity contribution in [1.29, 1.82) is 0 Å². The lowest BCUT2D eigenvalue weighted by atomic mass is 9.86. The molecule has 2 aromatic heterocycles. The number of thioether (sulfide) groups is 2. The summed E-state index contributed by atoms with van der Waals surface area (Å²) in [4.78, 5) is 17.7. The van der Waals surface area contributed by atoms with Crippen molar-refractivity contribution in [2.75, 3.05) is 0 Å². The van der Waals surface area contributed by atoms with Crippen LogP contribution < -0.4 is 0 Å². The van der Waals surface area contributed by atoms with Crippen molar-refractivity contribution in [3.05, 3.63) is 65.5 Å². The molecule has 0 spiro atoms. The van der Waals surface area contributed by atoms with E-state index in [9.17, 15) is 4.79 Å². The lowest BCUT2D eigenvalue weighted by Crippen LogP contribution is -2.16. The Balaban J connectivity index is 1.43. The van der Waals surface area contributed by atoms with Gasteiger partial charge in [-0.3, -0.25) is 4.79 Å². The molecular formula is C25H28N4OS3. The third kappa shape index (κ3) is 5.50. The van der Waals surface area contributed by atoms with Crippen molar-refractivity contribution in [1.82, 2.24) is 19.7 Å². The van der Waals surface area contributed by atoms with Crippen molar-refractivity contribution in [3.8, 4) is 0 Å². The molecule has 0 radical (unpaired) electrons. The van der Waals surface area contributed by atoms with Gasteiger partial charge in [0, 0.05) is 12.1 Å². The van der Waals surface area contributed by atoms with Crippen LogP contribution in [0.1, 0.15) is 56.4 Å². The normalized spacial score (nSPS) is 12.9. The molecule has 0 fully saturated rings. The highest BCUT2D eigenvalue weighted by atomic mass is 32.2. The fourth-order valence-corrected chi connectivity index (χ4v) is 6.47. The number of Topliss-reactive ketones (excluding diaryl/α,β-unsaturated/α-hetero) is 1. The quantitative estimate of drug-likeness (QED) is 0.196. The van der Waals surface area contributed by atoms with Gasteiger partial charge < -0.3 is 4.57 Å². The fourth-order valence-electron chi connectivity index (χ4n) is 3.45. The molecule has 0 aliphatic rings. The minimum atomic E-state index is -0.246. The lowest BCUT2D eigenvalue weighted by Gasteiger charge is -2.19. The molecule has 0 saturated carbocycles. The molecule has 4 rings (SSSR count). The van der Waals surface area contributed by atoms with E-state index < -0.39 is 0 Å².